The smallest absolute Gasteiger partial charge is 0.254 e. The van der Waals surface area contributed by atoms with Crippen LogP contribution in [0, 0.1) is 0 Å². The fraction of sp³-hybridized carbons (Fsp3) is 0.500. The van der Waals surface area contributed by atoms with Crippen LogP contribution in [-0.2, 0) is 4.79 Å². The molecule has 0 spiro atoms. The van der Waals surface area contributed by atoms with Crippen LogP contribution in [0.3, 0.4) is 0 Å². The van der Waals surface area contributed by atoms with Gasteiger partial charge in [-0.25, -0.2) is 0 Å². The molecule has 1 aromatic carbocycles. The first-order valence-electron chi connectivity index (χ1n) is 11.4. The Labute approximate surface area is 199 Å². The Morgan fingerprint density at radius 3 is 2.56 bits per heavy atom. The standard InChI is InChI=1S/C24H31ClN4O2S/c25-21-7-2-1-6-20(21)22(28-10-3-4-11-28)16-26-23(30)17-27-9-5-12-29(14-13-27)24(31)19-8-15-32-18-19/h1-2,6-8,15,18,22H,3-5,9-14,16-17H2,(H,26,30). The molecule has 0 bridgehead atoms. The summed E-state index contributed by atoms with van der Waals surface area (Å²) in [4.78, 5) is 31.9. The van der Waals surface area contributed by atoms with E-state index in [1.165, 1.54) is 24.2 Å². The quantitative estimate of drug-likeness (QED) is 0.667. The molecule has 6 nitrogen and oxygen atoms in total. The summed E-state index contributed by atoms with van der Waals surface area (Å²) in [5.41, 5.74) is 1.84. The van der Waals surface area contributed by atoms with Gasteiger partial charge in [-0.1, -0.05) is 29.8 Å². The Morgan fingerprint density at radius 1 is 1.00 bits per heavy atom. The zero-order valence-corrected chi connectivity index (χ0v) is 19.9. The Kier molecular flexibility index (Phi) is 8.19. The number of rotatable bonds is 7. The minimum Gasteiger partial charge on any atom is -0.353 e. The molecule has 0 saturated carbocycles. The summed E-state index contributed by atoms with van der Waals surface area (Å²) in [6, 6.07) is 9.90. The molecule has 2 saturated heterocycles. The van der Waals surface area contributed by atoms with Gasteiger partial charge in [-0.2, -0.15) is 11.3 Å². The van der Waals surface area contributed by atoms with Crippen molar-refractivity contribution >= 4 is 34.8 Å². The molecule has 172 valence electrons. The second kappa shape index (κ2) is 11.3. The maximum absolute atomic E-state index is 12.8. The number of nitrogens with zero attached hydrogens (tertiary/aromatic N) is 3. The summed E-state index contributed by atoms with van der Waals surface area (Å²) in [6.45, 7) is 5.89. The molecule has 32 heavy (non-hydrogen) atoms. The molecule has 1 N–H and O–H groups in total. The largest absolute Gasteiger partial charge is 0.353 e. The molecule has 2 amide bonds. The van der Waals surface area contributed by atoms with Gasteiger partial charge in [-0.15, -0.1) is 0 Å². The summed E-state index contributed by atoms with van der Waals surface area (Å²) in [5, 5.41) is 7.73. The summed E-state index contributed by atoms with van der Waals surface area (Å²) < 4.78 is 0. The van der Waals surface area contributed by atoms with E-state index in [0.717, 1.165) is 48.7 Å². The van der Waals surface area contributed by atoms with Crippen molar-refractivity contribution < 1.29 is 9.59 Å². The molecule has 2 fully saturated rings. The number of hydrogen-bond donors (Lipinski definition) is 1. The third kappa shape index (κ3) is 5.90. The van der Waals surface area contributed by atoms with Gasteiger partial charge < -0.3 is 10.2 Å². The van der Waals surface area contributed by atoms with Crippen molar-refractivity contribution in [3.8, 4) is 0 Å². The van der Waals surface area contributed by atoms with Crippen molar-refractivity contribution in [1.29, 1.82) is 0 Å². The van der Waals surface area contributed by atoms with Gasteiger partial charge >= 0.3 is 0 Å². The van der Waals surface area contributed by atoms with Crippen LogP contribution in [0.2, 0.25) is 5.02 Å². The van der Waals surface area contributed by atoms with Gasteiger partial charge in [0, 0.05) is 43.1 Å². The fourth-order valence-corrected chi connectivity index (χ4v) is 5.50. The molecule has 2 aliphatic heterocycles. The summed E-state index contributed by atoms with van der Waals surface area (Å²) in [7, 11) is 0. The van der Waals surface area contributed by atoms with E-state index in [1.54, 1.807) is 0 Å². The normalized spacial score (nSPS) is 19.0. The Hall–Kier alpha value is -1.93. The van der Waals surface area contributed by atoms with E-state index >= 15 is 0 Å². The van der Waals surface area contributed by atoms with Crippen molar-refractivity contribution in [2.24, 2.45) is 0 Å². The molecule has 4 rings (SSSR count). The highest BCUT2D eigenvalue weighted by Gasteiger charge is 2.26. The number of benzene rings is 1. The molecule has 2 aromatic rings. The zero-order valence-electron chi connectivity index (χ0n) is 18.3. The molecule has 3 heterocycles. The van der Waals surface area contributed by atoms with E-state index in [-0.39, 0.29) is 17.9 Å². The topological polar surface area (TPSA) is 55.9 Å². The van der Waals surface area contributed by atoms with Gasteiger partial charge in [-0.05, 0) is 55.4 Å². The lowest BCUT2D eigenvalue weighted by Crippen LogP contribution is -2.43. The Bertz CT molecular complexity index is 901. The van der Waals surface area contributed by atoms with Crippen LogP contribution in [0.25, 0.3) is 0 Å². The van der Waals surface area contributed by atoms with E-state index in [4.69, 9.17) is 11.6 Å². The lowest BCUT2D eigenvalue weighted by molar-refractivity contribution is -0.122. The molecule has 0 radical (unpaired) electrons. The highest BCUT2D eigenvalue weighted by Crippen LogP contribution is 2.29. The van der Waals surface area contributed by atoms with E-state index < -0.39 is 0 Å². The van der Waals surface area contributed by atoms with Crippen LogP contribution in [0.1, 0.15) is 41.2 Å². The number of carbonyl (C=O) groups excluding carboxylic acids is 2. The van der Waals surface area contributed by atoms with Gasteiger partial charge in [0.1, 0.15) is 0 Å². The number of carbonyl (C=O) groups is 2. The average molecular weight is 475 g/mol. The molecular formula is C24H31ClN4O2S. The average Bonchev–Trinajstić information content (AvgIpc) is 3.47. The second-order valence-corrected chi connectivity index (χ2v) is 9.71. The number of thiophene rings is 1. The predicted molar refractivity (Wildman–Crippen MR) is 129 cm³/mol. The van der Waals surface area contributed by atoms with E-state index in [1.807, 2.05) is 39.9 Å². The SMILES string of the molecule is O=C(CN1CCCN(C(=O)c2ccsc2)CC1)NCC(c1ccccc1Cl)N1CCCC1. The first-order valence-corrected chi connectivity index (χ1v) is 12.7. The highest BCUT2D eigenvalue weighted by atomic mass is 35.5. The van der Waals surface area contributed by atoms with Crippen molar-refractivity contribution in [3.63, 3.8) is 0 Å². The van der Waals surface area contributed by atoms with Gasteiger partial charge in [0.25, 0.3) is 5.91 Å². The van der Waals surface area contributed by atoms with E-state index in [2.05, 4.69) is 21.2 Å². The molecule has 2 aliphatic rings. The summed E-state index contributed by atoms with van der Waals surface area (Å²) in [5.74, 6) is 0.115. The predicted octanol–water partition coefficient (Wildman–Crippen LogP) is 3.50. The summed E-state index contributed by atoms with van der Waals surface area (Å²) >= 11 is 8.02. The first kappa shape index (κ1) is 23.2. The van der Waals surface area contributed by atoms with E-state index in [9.17, 15) is 9.59 Å². The fourth-order valence-electron chi connectivity index (χ4n) is 4.60. The minimum atomic E-state index is 0.0267. The van der Waals surface area contributed by atoms with Crippen molar-refractivity contribution in [1.82, 2.24) is 20.0 Å². The van der Waals surface area contributed by atoms with Crippen molar-refractivity contribution in [2.45, 2.75) is 25.3 Å². The zero-order chi connectivity index (χ0) is 22.3. The molecular weight excluding hydrogens is 444 g/mol. The summed E-state index contributed by atoms with van der Waals surface area (Å²) in [6.07, 6.45) is 3.24. The van der Waals surface area contributed by atoms with Crippen LogP contribution in [0.4, 0.5) is 0 Å². The monoisotopic (exact) mass is 474 g/mol. The molecule has 0 aliphatic carbocycles. The van der Waals surface area contributed by atoms with Crippen LogP contribution < -0.4 is 5.32 Å². The third-order valence-corrected chi connectivity index (χ3v) is 7.38. The van der Waals surface area contributed by atoms with Gasteiger partial charge in [0.05, 0.1) is 18.2 Å². The van der Waals surface area contributed by atoms with Gasteiger partial charge in [0.15, 0.2) is 0 Å². The van der Waals surface area contributed by atoms with Crippen LogP contribution >= 0.6 is 22.9 Å². The number of hydrogen-bond acceptors (Lipinski definition) is 5. The second-order valence-electron chi connectivity index (χ2n) is 8.52. The van der Waals surface area contributed by atoms with Crippen LogP contribution in [0.5, 0.6) is 0 Å². The maximum Gasteiger partial charge on any atom is 0.254 e. The number of likely N-dealkylation sites (tertiary alicyclic amines) is 1. The molecule has 1 aromatic heterocycles. The Balaban J connectivity index is 1.30. The number of nitrogens with one attached hydrogen (secondary N) is 1. The minimum absolute atomic E-state index is 0.0267. The third-order valence-electron chi connectivity index (χ3n) is 6.35. The number of amides is 2. The van der Waals surface area contributed by atoms with Crippen LogP contribution in [-0.4, -0.2) is 78.9 Å². The van der Waals surface area contributed by atoms with Crippen molar-refractivity contribution in [3.05, 3.63) is 57.2 Å². The highest BCUT2D eigenvalue weighted by molar-refractivity contribution is 7.08. The molecule has 8 heteroatoms. The van der Waals surface area contributed by atoms with Crippen molar-refractivity contribution in [2.75, 3.05) is 52.4 Å². The van der Waals surface area contributed by atoms with E-state index in [0.29, 0.717) is 26.2 Å². The first-order chi connectivity index (χ1) is 15.6. The maximum atomic E-state index is 12.8. The lowest BCUT2D eigenvalue weighted by Gasteiger charge is -2.29. The van der Waals surface area contributed by atoms with Crippen LogP contribution in [0.15, 0.2) is 41.1 Å². The molecule has 1 atom stereocenters. The number of halogens is 1. The van der Waals surface area contributed by atoms with Gasteiger partial charge in [0.2, 0.25) is 5.91 Å². The lowest BCUT2D eigenvalue weighted by atomic mass is 10.1. The van der Waals surface area contributed by atoms with Gasteiger partial charge in [-0.3, -0.25) is 19.4 Å². The Morgan fingerprint density at radius 2 is 1.81 bits per heavy atom. The molecule has 1 unspecified atom stereocenters.